The number of carbonyl (C=O) groups is 2. The van der Waals surface area contributed by atoms with Crippen LogP contribution >= 0.6 is 11.6 Å². The number of likely N-dealkylation sites (tertiary alicyclic amines) is 2. The number of methoxy groups -OCH3 is 1. The van der Waals surface area contributed by atoms with Gasteiger partial charge in [-0.2, -0.15) is 0 Å². The molecule has 0 radical (unpaired) electrons. The van der Waals surface area contributed by atoms with Gasteiger partial charge in [-0.25, -0.2) is 0 Å². The predicted octanol–water partition coefficient (Wildman–Crippen LogP) is 4.64. The monoisotopic (exact) mass is 528 g/mol. The number of ether oxygens (including phenoxy) is 2. The maximum atomic E-state index is 13.6. The van der Waals surface area contributed by atoms with Crippen molar-refractivity contribution in [3.63, 3.8) is 0 Å². The van der Waals surface area contributed by atoms with E-state index < -0.39 is 5.41 Å². The molecule has 0 aromatic heterocycles. The lowest BCUT2D eigenvalue weighted by atomic mass is 9.77. The van der Waals surface area contributed by atoms with E-state index in [1.54, 1.807) is 19.2 Å². The first-order chi connectivity index (χ1) is 17.7. The number of piperidine rings is 2. The largest absolute Gasteiger partial charge is 0.496 e. The third kappa shape index (κ3) is 6.39. The Morgan fingerprint density at radius 1 is 1.08 bits per heavy atom. The smallest absolute Gasteiger partial charge is 0.257 e. The molecular formula is C29H37ClN2O5. The van der Waals surface area contributed by atoms with E-state index in [-0.39, 0.29) is 24.3 Å². The number of amides is 2. The second kappa shape index (κ2) is 11.7. The first-order valence-electron chi connectivity index (χ1n) is 13.0. The molecule has 2 aliphatic rings. The molecule has 2 fully saturated rings. The Kier molecular flexibility index (Phi) is 8.65. The molecule has 4 rings (SSSR count). The van der Waals surface area contributed by atoms with Gasteiger partial charge in [0.05, 0.1) is 25.4 Å². The molecule has 2 saturated heterocycles. The van der Waals surface area contributed by atoms with Crippen molar-refractivity contribution in [3.8, 4) is 11.5 Å². The summed E-state index contributed by atoms with van der Waals surface area (Å²) in [5, 5.41) is 10.6. The van der Waals surface area contributed by atoms with Crippen molar-refractivity contribution in [2.24, 2.45) is 5.41 Å². The number of rotatable bonds is 7. The van der Waals surface area contributed by atoms with Crippen molar-refractivity contribution in [2.75, 3.05) is 39.9 Å². The number of hydrogen-bond acceptors (Lipinski definition) is 5. The number of para-hydroxylation sites is 1. The number of benzene rings is 2. The van der Waals surface area contributed by atoms with Crippen LogP contribution in [0.3, 0.4) is 0 Å². The zero-order valence-electron chi connectivity index (χ0n) is 22.0. The number of hydrogen-bond donors (Lipinski definition) is 1. The van der Waals surface area contributed by atoms with Crippen molar-refractivity contribution < 1.29 is 24.2 Å². The summed E-state index contributed by atoms with van der Waals surface area (Å²) in [5.74, 6) is 1.19. The molecule has 8 heteroatoms. The molecule has 2 aliphatic heterocycles. The number of carbonyl (C=O) groups excluding carboxylic acids is 2. The Hall–Kier alpha value is -2.77. The summed E-state index contributed by atoms with van der Waals surface area (Å²) in [4.78, 5) is 30.7. The third-order valence-electron chi connectivity index (χ3n) is 7.58. The fourth-order valence-electron chi connectivity index (χ4n) is 5.46. The Morgan fingerprint density at radius 2 is 1.76 bits per heavy atom. The Labute approximate surface area is 224 Å². The molecule has 2 amide bonds. The van der Waals surface area contributed by atoms with Gasteiger partial charge in [-0.3, -0.25) is 9.59 Å². The number of aryl methyl sites for hydroxylation is 2. The van der Waals surface area contributed by atoms with Crippen molar-refractivity contribution in [1.82, 2.24) is 9.80 Å². The molecule has 2 heterocycles. The summed E-state index contributed by atoms with van der Waals surface area (Å²) in [5.41, 5.74) is 1.85. The molecule has 1 atom stereocenters. The van der Waals surface area contributed by atoms with Crippen molar-refractivity contribution in [2.45, 2.75) is 52.1 Å². The molecule has 2 aromatic rings. The summed E-state index contributed by atoms with van der Waals surface area (Å²) < 4.78 is 11.8. The summed E-state index contributed by atoms with van der Waals surface area (Å²) in [6, 6.07) is 11.1. The molecule has 0 spiro atoms. The van der Waals surface area contributed by atoms with Gasteiger partial charge in [0, 0.05) is 43.0 Å². The van der Waals surface area contributed by atoms with Gasteiger partial charge in [0.1, 0.15) is 11.5 Å². The van der Waals surface area contributed by atoms with E-state index in [4.69, 9.17) is 21.1 Å². The molecule has 200 valence electrons. The highest BCUT2D eigenvalue weighted by Crippen LogP contribution is 2.37. The van der Waals surface area contributed by atoms with Gasteiger partial charge in [-0.05, 0) is 74.9 Å². The maximum Gasteiger partial charge on any atom is 0.257 e. The maximum absolute atomic E-state index is 13.6. The second-order valence-corrected chi connectivity index (χ2v) is 10.9. The first kappa shape index (κ1) is 27.3. The molecular weight excluding hydrogens is 492 g/mol. The predicted molar refractivity (Wildman–Crippen MR) is 143 cm³/mol. The number of aliphatic hydroxyl groups is 1. The van der Waals surface area contributed by atoms with Crippen LogP contribution in [0.1, 0.15) is 53.6 Å². The van der Waals surface area contributed by atoms with Crippen molar-refractivity contribution >= 4 is 23.4 Å². The van der Waals surface area contributed by atoms with E-state index in [2.05, 4.69) is 0 Å². The van der Waals surface area contributed by atoms with Crippen molar-refractivity contribution in [3.05, 3.63) is 58.1 Å². The average Bonchev–Trinajstić information content (AvgIpc) is 2.90. The van der Waals surface area contributed by atoms with Gasteiger partial charge in [-0.15, -0.1) is 0 Å². The van der Waals surface area contributed by atoms with E-state index >= 15 is 0 Å². The van der Waals surface area contributed by atoms with Gasteiger partial charge in [0.2, 0.25) is 5.91 Å². The van der Waals surface area contributed by atoms with E-state index in [9.17, 15) is 14.7 Å². The summed E-state index contributed by atoms with van der Waals surface area (Å²) in [6.45, 7) is 6.33. The van der Waals surface area contributed by atoms with Crippen LogP contribution < -0.4 is 9.47 Å². The Bertz CT molecular complexity index is 1110. The molecule has 0 aliphatic carbocycles. The SMILES string of the molecule is COc1ccccc1C(=O)N1CCCC(COc2cc(C)c(Cl)c(C)c2)(CC(=O)N2CCC(O)CC2)C1. The van der Waals surface area contributed by atoms with Crippen LogP contribution in [-0.4, -0.2) is 72.7 Å². The van der Waals surface area contributed by atoms with Crippen LogP contribution in [0.2, 0.25) is 5.02 Å². The normalized spacial score (nSPS) is 20.6. The minimum Gasteiger partial charge on any atom is -0.496 e. The van der Waals surface area contributed by atoms with Crippen LogP contribution in [0, 0.1) is 19.3 Å². The lowest BCUT2D eigenvalue weighted by Crippen LogP contribution is -2.51. The fraction of sp³-hybridized carbons (Fsp3) is 0.517. The van der Waals surface area contributed by atoms with Crippen LogP contribution in [-0.2, 0) is 4.79 Å². The van der Waals surface area contributed by atoms with Crippen LogP contribution in [0.5, 0.6) is 11.5 Å². The Balaban J connectivity index is 1.57. The fourth-order valence-corrected chi connectivity index (χ4v) is 5.57. The van der Waals surface area contributed by atoms with E-state index in [0.717, 1.165) is 29.0 Å². The molecule has 0 bridgehead atoms. The number of aliphatic hydroxyl groups excluding tert-OH is 1. The molecule has 0 saturated carbocycles. The van der Waals surface area contributed by atoms with Gasteiger partial charge >= 0.3 is 0 Å². The molecule has 2 aromatic carbocycles. The minimum atomic E-state index is -0.537. The zero-order valence-corrected chi connectivity index (χ0v) is 22.7. The van der Waals surface area contributed by atoms with Gasteiger partial charge in [0.15, 0.2) is 0 Å². The number of nitrogens with zero attached hydrogens (tertiary/aromatic N) is 2. The number of halogens is 1. The first-order valence-corrected chi connectivity index (χ1v) is 13.4. The summed E-state index contributed by atoms with van der Waals surface area (Å²) in [7, 11) is 1.56. The quantitative estimate of drug-likeness (QED) is 0.566. The molecule has 1 unspecified atom stereocenters. The summed E-state index contributed by atoms with van der Waals surface area (Å²) in [6.07, 6.45) is 2.67. The average molecular weight is 529 g/mol. The Morgan fingerprint density at radius 3 is 2.43 bits per heavy atom. The zero-order chi connectivity index (χ0) is 26.6. The highest BCUT2D eigenvalue weighted by atomic mass is 35.5. The molecule has 37 heavy (non-hydrogen) atoms. The molecule has 1 N–H and O–H groups in total. The van der Waals surface area contributed by atoms with Gasteiger partial charge < -0.3 is 24.4 Å². The lowest BCUT2D eigenvalue weighted by Gasteiger charge is -2.43. The minimum absolute atomic E-state index is 0.0468. The van der Waals surface area contributed by atoms with Crippen molar-refractivity contribution in [1.29, 1.82) is 0 Å². The van der Waals surface area contributed by atoms with E-state index in [1.807, 2.05) is 47.9 Å². The van der Waals surface area contributed by atoms with Gasteiger partial charge in [0.25, 0.3) is 5.91 Å². The third-order valence-corrected chi connectivity index (χ3v) is 8.18. The standard InChI is InChI=1S/C29H37ClN2O5/c1-20-15-23(16-21(2)27(20)30)37-19-29(17-26(34)31-13-9-22(33)10-14-31)11-6-12-32(18-29)28(35)24-7-4-5-8-25(24)36-3/h4-5,7-8,15-16,22,33H,6,9-14,17-19H2,1-3H3. The van der Waals surface area contributed by atoms with Crippen LogP contribution in [0.25, 0.3) is 0 Å². The lowest BCUT2D eigenvalue weighted by molar-refractivity contribution is -0.137. The van der Waals surface area contributed by atoms with E-state index in [1.165, 1.54) is 0 Å². The topological polar surface area (TPSA) is 79.3 Å². The second-order valence-electron chi connectivity index (χ2n) is 10.5. The highest BCUT2D eigenvalue weighted by molar-refractivity contribution is 6.32. The van der Waals surface area contributed by atoms with E-state index in [0.29, 0.717) is 62.7 Å². The van der Waals surface area contributed by atoms with Crippen LogP contribution in [0.4, 0.5) is 0 Å². The molecule has 7 nitrogen and oxygen atoms in total. The van der Waals surface area contributed by atoms with Gasteiger partial charge in [-0.1, -0.05) is 23.7 Å². The van der Waals surface area contributed by atoms with Crippen LogP contribution in [0.15, 0.2) is 36.4 Å². The summed E-state index contributed by atoms with van der Waals surface area (Å²) >= 11 is 6.35. The highest BCUT2D eigenvalue weighted by Gasteiger charge is 2.41.